The summed E-state index contributed by atoms with van der Waals surface area (Å²) in [5.41, 5.74) is 2.19. The number of aliphatic hydroxyl groups is 1. The number of hydrogen-bond acceptors (Lipinski definition) is 3. The molecule has 19 heavy (non-hydrogen) atoms. The molecule has 0 radical (unpaired) electrons. The van der Waals surface area contributed by atoms with Crippen molar-refractivity contribution in [3.63, 3.8) is 0 Å². The Hall–Kier alpha value is -1.06. The van der Waals surface area contributed by atoms with Gasteiger partial charge in [0.1, 0.15) is 0 Å². The van der Waals surface area contributed by atoms with Gasteiger partial charge in [-0.2, -0.15) is 0 Å². The van der Waals surface area contributed by atoms with Gasteiger partial charge in [-0.25, -0.2) is 0 Å². The van der Waals surface area contributed by atoms with Crippen molar-refractivity contribution in [2.75, 3.05) is 38.6 Å². The summed E-state index contributed by atoms with van der Waals surface area (Å²) in [5.74, 6) is 0. The van der Waals surface area contributed by atoms with Crippen LogP contribution in [0.15, 0.2) is 24.3 Å². The van der Waals surface area contributed by atoms with Crippen LogP contribution >= 0.6 is 0 Å². The first-order valence-electron chi connectivity index (χ1n) is 7.34. The molecule has 1 heterocycles. The van der Waals surface area contributed by atoms with E-state index in [1.165, 1.54) is 31.4 Å². The Morgan fingerprint density at radius 2 is 1.63 bits per heavy atom. The van der Waals surface area contributed by atoms with E-state index in [0.29, 0.717) is 0 Å². The Bertz CT molecular complexity index is 367. The van der Waals surface area contributed by atoms with Gasteiger partial charge in [0, 0.05) is 26.3 Å². The highest BCUT2D eigenvalue weighted by Crippen LogP contribution is 2.20. The second-order valence-electron chi connectivity index (χ2n) is 5.72. The van der Waals surface area contributed by atoms with Gasteiger partial charge >= 0.3 is 0 Å². The van der Waals surface area contributed by atoms with E-state index < -0.39 is 0 Å². The zero-order chi connectivity index (χ0) is 13.7. The fourth-order valence-electron chi connectivity index (χ4n) is 2.66. The van der Waals surface area contributed by atoms with Crippen molar-refractivity contribution in [1.29, 1.82) is 0 Å². The molecule has 0 aliphatic carbocycles. The van der Waals surface area contributed by atoms with Crippen LogP contribution in [0, 0.1) is 0 Å². The molecule has 0 aromatic heterocycles. The molecule has 0 spiro atoms. The van der Waals surface area contributed by atoms with Crippen molar-refractivity contribution in [1.82, 2.24) is 4.90 Å². The second-order valence-corrected chi connectivity index (χ2v) is 5.72. The minimum atomic E-state index is -0.366. The first kappa shape index (κ1) is 14.4. The van der Waals surface area contributed by atoms with Crippen LogP contribution in [0.4, 0.5) is 5.69 Å². The lowest BCUT2D eigenvalue weighted by Crippen LogP contribution is -2.29. The molecule has 1 aliphatic rings. The number of nitrogens with zero attached hydrogens (tertiary/aromatic N) is 2. The van der Waals surface area contributed by atoms with Crippen LogP contribution < -0.4 is 4.90 Å². The number of hydrogen-bond donors (Lipinski definition) is 1. The number of benzene rings is 1. The van der Waals surface area contributed by atoms with Crippen LogP contribution in [-0.4, -0.2) is 43.7 Å². The Kier molecular flexibility index (Phi) is 5.23. The Morgan fingerprint density at radius 1 is 1.05 bits per heavy atom. The van der Waals surface area contributed by atoms with Crippen LogP contribution in [0.25, 0.3) is 0 Å². The highest BCUT2D eigenvalue weighted by molar-refractivity contribution is 5.46. The summed E-state index contributed by atoms with van der Waals surface area (Å²) in [6, 6.07) is 8.22. The van der Waals surface area contributed by atoms with E-state index in [0.717, 1.165) is 25.2 Å². The lowest BCUT2D eigenvalue weighted by atomic mass is 10.1. The van der Waals surface area contributed by atoms with Gasteiger partial charge in [0.25, 0.3) is 0 Å². The molecule has 1 aromatic carbocycles. The first-order chi connectivity index (χ1) is 9.16. The number of anilines is 1. The number of likely N-dealkylation sites (tertiary alicyclic amines) is 1. The van der Waals surface area contributed by atoms with E-state index in [9.17, 15) is 5.11 Å². The van der Waals surface area contributed by atoms with Gasteiger partial charge in [-0.1, -0.05) is 25.0 Å². The molecule has 1 atom stereocenters. The van der Waals surface area contributed by atoms with Gasteiger partial charge in [0.15, 0.2) is 0 Å². The molecular weight excluding hydrogens is 236 g/mol. The van der Waals surface area contributed by atoms with Crippen molar-refractivity contribution in [2.24, 2.45) is 0 Å². The van der Waals surface area contributed by atoms with E-state index in [-0.39, 0.29) is 6.10 Å². The zero-order valence-corrected chi connectivity index (χ0v) is 12.2. The Labute approximate surface area is 116 Å². The van der Waals surface area contributed by atoms with Crippen molar-refractivity contribution in [2.45, 2.75) is 31.8 Å². The maximum atomic E-state index is 10.3. The average Bonchev–Trinajstić information content (AvgIpc) is 2.67. The Balaban J connectivity index is 1.92. The fourth-order valence-corrected chi connectivity index (χ4v) is 2.66. The summed E-state index contributed by atoms with van der Waals surface area (Å²) in [6.45, 7) is 3.03. The summed E-state index contributed by atoms with van der Waals surface area (Å²) in [7, 11) is 4.06. The monoisotopic (exact) mass is 262 g/mol. The van der Waals surface area contributed by atoms with Crippen molar-refractivity contribution >= 4 is 5.69 Å². The molecule has 0 saturated carbocycles. The predicted octanol–water partition coefficient (Wildman–Crippen LogP) is 2.66. The number of aliphatic hydroxyl groups excluding tert-OH is 1. The highest BCUT2D eigenvalue weighted by atomic mass is 16.3. The molecule has 1 aromatic rings. The molecule has 1 N–H and O–H groups in total. The molecule has 1 saturated heterocycles. The van der Waals surface area contributed by atoms with Crippen molar-refractivity contribution in [3.8, 4) is 0 Å². The summed E-state index contributed by atoms with van der Waals surface area (Å²) in [5, 5.41) is 10.3. The van der Waals surface area contributed by atoms with Crippen LogP contribution in [0.1, 0.15) is 37.4 Å². The van der Waals surface area contributed by atoms with E-state index in [1.54, 1.807) is 0 Å². The summed E-state index contributed by atoms with van der Waals surface area (Å²) in [4.78, 5) is 4.47. The normalized spacial score (nSPS) is 18.9. The SMILES string of the molecule is CN(C)c1ccc(C(O)CN2CCCCCC2)cc1. The quantitative estimate of drug-likeness (QED) is 0.903. The molecule has 1 fully saturated rings. The van der Waals surface area contributed by atoms with Gasteiger partial charge in [0.2, 0.25) is 0 Å². The lowest BCUT2D eigenvalue weighted by molar-refractivity contribution is 0.115. The average molecular weight is 262 g/mol. The zero-order valence-electron chi connectivity index (χ0n) is 12.2. The minimum absolute atomic E-state index is 0.366. The molecule has 3 heteroatoms. The van der Waals surface area contributed by atoms with E-state index in [2.05, 4.69) is 21.9 Å². The lowest BCUT2D eigenvalue weighted by Gasteiger charge is -2.23. The molecule has 106 valence electrons. The van der Waals surface area contributed by atoms with E-state index in [4.69, 9.17) is 0 Å². The van der Waals surface area contributed by atoms with E-state index in [1.807, 2.05) is 26.2 Å². The molecule has 1 aliphatic heterocycles. The Morgan fingerprint density at radius 3 is 2.16 bits per heavy atom. The first-order valence-corrected chi connectivity index (χ1v) is 7.34. The number of β-amino-alcohol motifs (C(OH)–C–C–N with tert-alkyl or cyclic N) is 1. The third-order valence-electron chi connectivity index (χ3n) is 3.92. The third kappa shape index (κ3) is 4.22. The smallest absolute Gasteiger partial charge is 0.0916 e. The highest BCUT2D eigenvalue weighted by Gasteiger charge is 2.15. The predicted molar refractivity (Wildman–Crippen MR) is 80.6 cm³/mol. The van der Waals surface area contributed by atoms with Gasteiger partial charge in [-0.15, -0.1) is 0 Å². The van der Waals surface area contributed by atoms with Gasteiger partial charge in [-0.3, -0.25) is 0 Å². The topological polar surface area (TPSA) is 26.7 Å². The van der Waals surface area contributed by atoms with Crippen molar-refractivity contribution in [3.05, 3.63) is 29.8 Å². The molecular formula is C16H26N2O. The second kappa shape index (κ2) is 6.92. The van der Waals surface area contributed by atoms with Gasteiger partial charge in [-0.05, 0) is 43.6 Å². The van der Waals surface area contributed by atoms with Crippen molar-refractivity contribution < 1.29 is 5.11 Å². The maximum Gasteiger partial charge on any atom is 0.0916 e. The maximum absolute atomic E-state index is 10.3. The molecule has 0 bridgehead atoms. The minimum Gasteiger partial charge on any atom is -0.387 e. The molecule has 0 amide bonds. The molecule has 1 unspecified atom stereocenters. The third-order valence-corrected chi connectivity index (χ3v) is 3.92. The summed E-state index contributed by atoms with van der Waals surface area (Å²) in [6.07, 6.45) is 4.85. The fraction of sp³-hybridized carbons (Fsp3) is 0.625. The van der Waals surface area contributed by atoms with Gasteiger partial charge in [0.05, 0.1) is 6.10 Å². The van der Waals surface area contributed by atoms with Crippen LogP contribution in [0.3, 0.4) is 0 Å². The summed E-state index contributed by atoms with van der Waals surface area (Å²) >= 11 is 0. The van der Waals surface area contributed by atoms with Gasteiger partial charge < -0.3 is 14.9 Å². The number of rotatable bonds is 4. The van der Waals surface area contributed by atoms with E-state index >= 15 is 0 Å². The van der Waals surface area contributed by atoms with Crippen LogP contribution in [-0.2, 0) is 0 Å². The summed E-state index contributed by atoms with van der Waals surface area (Å²) < 4.78 is 0. The van der Waals surface area contributed by atoms with Crippen LogP contribution in [0.5, 0.6) is 0 Å². The molecule has 2 rings (SSSR count). The standard InChI is InChI=1S/C16H26N2O/c1-17(2)15-9-7-14(8-10-15)16(19)13-18-11-5-3-4-6-12-18/h7-10,16,19H,3-6,11-13H2,1-2H3. The molecule has 3 nitrogen and oxygen atoms in total. The van der Waals surface area contributed by atoms with Crippen LogP contribution in [0.2, 0.25) is 0 Å². The largest absolute Gasteiger partial charge is 0.387 e.